The van der Waals surface area contributed by atoms with Crippen LogP contribution in [0.25, 0.3) is 0 Å². The van der Waals surface area contributed by atoms with E-state index in [9.17, 15) is 14.0 Å². The predicted octanol–water partition coefficient (Wildman–Crippen LogP) is 2.06. The summed E-state index contributed by atoms with van der Waals surface area (Å²) in [5, 5.41) is 2.87. The minimum atomic E-state index is -0.689. The van der Waals surface area contributed by atoms with E-state index in [-0.39, 0.29) is 18.5 Å². The number of nitrogens with zero attached hydrogens (tertiary/aromatic N) is 2. The van der Waals surface area contributed by atoms with Crippen LogP contribution in [0.3, 0.4) is 0 Å². The summed E-state index contributed by atoms with van der Waals surface area (Å²) in [4.78, 5) is 29.4. The zero-order valence-corrected chi connectivity index (χ0v) is 16.2. The van der Waals surface area contributed by atoms with Gasteiger partial charge in [-0.2, -0.15) is 0 Å². The van der Waals surface area contributed by atoms with E-state index in [4.69, 9.17) is 9.47 Å². The molecular formula is C20H26FN3O4. The number of carbonyl (C=O) groups excluding carboxylic acids is 2. The first-order chi connectivity index (χ1) is 13.5. The Hall–Kier alpha value is -2.45. The zero-order valence-electron chi connectivity index (χ0n) is 16.2. The van der Waals surface area contributed by atoms with E-state index >= 15 is 0 Å². The van der Waals surface area contributed by atoms with Crippen molar-refractivity contribution in [2.24, 2.45) is 0 Å². The van der Waals surface area contributed by atoms with Crippen LogP contribution in [0.2, 0.25) is 0 Å². The summed E-state index contributed by atoms with van der Waals surface area (Å²) in [6.45, 7) is 7.36. The first-order valence-electron chi connectivity index (χ1n) is 9.58. The number of carbonyl (C=O) groups is 2. The minimum Gasteiger partial charge on any atom is -0.463 e. The van der Waals surface area contributed by atoms with Crippen molar-refractivity contribution < 1.29 is 23.5 Å². The van der Waals surface area contributed by atoms with Crippen LogP contribution in [-0.2, 0) is 14.3 Å². The molecule has 2 aliphatic rings. The topological polar surface area (TPSA) is 71.1 Å². The van der Waals surface area contributed by atoms with Crippen molar-refractivity contribution in [3.05, 3.63) is 46.9 Å². The number of urea groups is 1. The Morgan fingerprint density at radius 2 is 1.93 bits per heavy atom. The number of amides is 2. The van der Waals surface area contributed by atoms with Gasteiger partial charge in [0, 0.05) is 31.9 Å². The average molecular weight is 391 g/mol. The number of hydrogen-bond acceptors (Lipinski definition) is 5. The van der Waals surface area contributed by atoms with Gasteiger partial charge in [-0.15, -0.1) is 0 Å². The Bertz CT molecular complexity index is 744. The van der Waals surface area contributed by atoms with Gasteiger partial charge in [-0.25, -0.2) is 14.0 Å². The van der Waals surface area contributed by atoms with Crippen LogP contribution in [0, 0.1) is 5.82 Å². The second-order valence-corrected chi connectivity index (χ2v) is 6.65. The third kappa shape index (κ3) is 4.34. The number of esters is 1. The molecule has 0 aliphatic carbocycles. The zero-order chi connectivity index (χ0) is 20.1. The molecule has 1 aromatic rings. The fourth-order valence-corrected chi connectivity index (χ4v) is 3.53. The number of hydrogen-bond donors (Lipinski definition) is 1. The molecule has 2 amide bonds. The Kier molecular flexibility index (Phi) is 6.64. The van der Waals surface area contributed by atoms with Gasteiger partial charge < -0.3 is 14.8 Å². The van der Waals surface area contributed by atoms with E-state index in [1.807, 2.05) is 6.92 Å². The highest BCUT2D eigenvalue weighted by Gasteiger charge is 2.38. The molecule has 1 fully saturated rings. The lowest BCUT2D eigenvalue weighted by Crippen LogP contribution is -2.51. The van der Waals surface area contributed by atoms with Crippen molar-refractivity contribution in [1.29, 1.82) is 0 Å². The third-order valence-electron chi connectivity index (χ3n) is 4.93. The Morgan fingerprint density at radius 3 is 2.54 bits per heavy atom. The molecule has 7 nitrogen and oxygen atoms in total. The van der Waals surface area contributed by atoms with E-state index in [0.717, 1.165) is 13.1 Å². The second-order valence-electron chi connectivity index (χ2n) is 6.65. The largest absolute Gasteiger partial charge is 0.463 e. The third-order valence-corrected chi connectivity index (χ3v) is 4.93. The minimum absolute atomic E-state index is 0.226. The Balaban J connectivity index is 2.06. The van der Waals surface area contributed by atoms with Crippen LogP contribution in [-0.4, -0.2) is 67.8 Å². The fourth-order valence-electron chi connectivity index (χ4n) is 3.53. The van der Waals surface area contributed by atoms with Gasteiger partial charge in [0.1, 0.15) is 5.82 Å². The highest BCUT2D eigenvalue weighted by molar-refractivity contribution is 5.95. The maximum Gasteiger partial charge on any atom is 0.338 e. The van der Waals surface area contributed by atoms with E-state index in [0.29, 0.717) is 43.1 Å². The van der Waals surface area contributed by atoms with E-state index in [1.165, 1.54) is 12.1 Å². The molecule has 0 spiro atoms. The lowest BCUT2D eigenvalue weighted by Gasteiger charge is -2.38. The monoisotopic (exact) mass is 391 g/mol. The molecule has 1 unspecified atom stereocenters. The molecule has 152 valence electrons. The van der Waals surface area contributed by atoms with Crippen LogP contribution in [0.5, 0.6) is 0 Å². The summed E-state index contributed by atoms with van der Waals surface area (Å²) in [5.41, 5.74) is 1.65. The molecule has 2 heterocycles. The lowest BCUT2D eigenvalue weighted by molar-refractivity contribution is -0.139. The summed E-state index contributed by atoms with van der Waals surface area (Å²) in [7, 11) is 0. The van der Waals surface area contributed by atoms with Gasteiger partial charge in [0.25, 0.3) is 0 Å². The molecule has 3 rings (SSSR count). The number of likely N-dealkylation sites (N-methyl/N-ethyl adjacent to an activating group) is 1. The molecule has 0 radical (unpaired) electrons. The van der Waals surface area contributed by atoms with E-state index in [2.05, 4.69) is 10.2 Å². The van der Waals surface area contributed by atoms with Gasteiger partial charge in [0.2, 0.25) is 0 Å². The molecule has 1 N–H and O–H groups in total. The van der Waals surface area contributed by atoms with Crippen LogP contribution in [0.1, 0.15) is 25.5 Å². The molecular weight excluding hydrogens is 365 g/mol. The molecule has 28 heavy (non-hydrogen) atoms. The summed E-state index contributed by atoms with van der Waals surface area (Å²) in [6, 6.07) is 4.82. The van der Waals surface area contributed by atoms with E-state index in [1.54, 1.807) is 24.0 Å². The number of ether oxygens (including phenoxy) is 2. The van der Waals surface area contributed by atoms with Crippen molar-refractivity contribution in [3.63, 3.8) is 0 Å². The van der Waals surface area contributed by atoms with Gasteiger partial charge in [-0.1, -0.05) is 12.1 Å². The summed E-state index contributed by atoms with van der Waals surface area (Å²) in [6.07, 6.45) is 0. The fraction of sp³-hybridized carbons (Fsp3) is 0.500. The van der Waals surface area contributed by atoms with Crippen molar-refractivity contribution in [1.82, 2.24) is 15.1 Å². The van der Waals surface area contributed by atoms with Crippen molar-refractivity contribution in [2.45, 2.75) is 19.9 Å². The molecule has 1 atom stereocenters. The molecule has 0 bridgehead atoms. The van der Waals surface area contributed by atoms with E-state index < -0.39 is 12.0 Å². The predicted molar refractivity (Wildman–Crippen MR) is 101 cm³/mol. The van der Waals surface area contributed by atoms with Crippen LogP contribution in [0.4, 0.5) is 9.18 Å². The second kappa shape index (κ2) is 9.16. The molecule has 1 aromatic carbocycles. The van der Waals surface area contributed by atoms with Crippen molar-refractivity contribution in [2.75, 3.05) is 46.0 Å². The van der Waals surface area contributed by atoms with Crippen LogP contribution in [0.15, 0.2) is 35.5 Å². The normalized spacial score (nSPS) is 20.9. The number of rotatable bonds is 6. The number of morpholine rings is 1. The number of nitrogens with one attached hydrogen (secondary N) is 1. The molecule has 0 saturated carbocycles. The summed E-state index contributed by atoms with van der Waals surface area (Å²) < 4.78 is 24.1. The molecule has 2 aliphatic heterocycles. The van der Waals surface area contributed by atoms with Gasteiger partial charge in [-0.3, -0.25) is 9.80 Å². The highest BCUT2D eigenvalue weighted by Crippen LogP contribution is 2.32. The quantitative estimate of drug-likeness (QED) is 0.752. The lowest BCUT2D eigenvalue weighted by atomic mass is 9.94. The highest BCUT2D eigenvalue weighted by atomic mass is 19.1. The number of halogens is 1. The average Bonchev–Trinajstić information content (AvgIpc) is 2.69. The summed E-state index contributed by atoms with van der Waals surface area (Å²) >= 11 is 0. The molecule has 0 aromatic heterocycles. The van der Waals surface area contributed by atoms with Crippen molar-refractivity contribution >= 4 is 12.0 Å². The molecule has 8 heteroatoms. The SMILES string of the molecule is CCOC(=O)C1=C(CN2CCOCC2)N(CC)C(=O)NC1c1ccc(F)cc1. The van der Waals surface area contributed by atoms with Gasteiger partial charge >= 0.3 is 12.0 Å². The summed E-state index contributed by atoms with van der Waals surface area (Å²) in [5.74, 6) is -0.852. The Morgan fingerprint density at radius 1 is 1.25 bits per heavy atom. The van der Waals surface area contributed by atoms with Gasteiger partial charge in [0.15, 0.2) is 0 Å². The van der Waals surface area contributed by atoms with Gasteiger partial charge in [0.05, 0.1) is 31.4 Å². The standard InChI is InChI=1S/C20H26FN3O4/c1-3-24-16(13-23-9-11-27-12-10-23)17(19(25)28-4-2)18(22-20(24)26)14-5-7-15(21)8-6-14/h5-8,18H,3-4,9-13H2,1-2H3,(H,22,26). The maximum atomic E-state index is 13.4. The van der Waals surface area contributed by atoms with Gasteiger partial charge in [-0.05, 0) is 31.5 Å². The maximum absolute atomic E-state index is 13.4. The van der Waals surface area contributed by atoms with Crippen LogP contribution >= 0.6 is 0 Å². The Labute approximate surface area is 164 Å². The molecule has 1 saturated heterocycles. The smallest absolute Gasteiger partial charge is 0.338 e. The first kappa shape index (κ1) is 20.3. The number of benzene rings is 1. The van der Waals surface area contributed by atoms with Crippen molar-refractivity contribution in [3.8, 4) is 0 Å². The first-order valence-corrected chi connectivity index (χ1v) is 9.58. The van der Waals surface area contributed by atoms with Crippen LogP contribution < -0.4 is 5.32 Å².